The molecule has 3 rings (SSSR count). The van der Waals surface area contributed by atoms with Gasteiger partial charge < -0.3 is 15.6 Å². The summed E-state index contributed by atoms with van der Waals surface area (Å²) in [6.07, 6.45) is 1.46. The minimum absolute atomic E-state index is 0.221. The quantitative estimate of drug-likeness (QED) is 0.897. The molecule has 1 aliphatic rings. The molecule has 0 aliphatic carbocycles. The molecule has 1 unspecified atom stereocenters. The molecule has 4 heteroatoms. The van der Waals surface area contributed by atoms with Gasteiger partial charge >= 0.3 is 0 Å². The second kappa shape index (κ2) is 5.29. The van der Waals surface area contributed by atoms with Gasteiger partial charge in [0.1, 0.15) is 0 Å². The number of hydrogen-bond acceptors (Lipinski definition) is 2. The Morgan fingerprint density at radius 1 is 1.45 bits per heavy atom. The lowest BCUT2D eigenvalue weighted by Gasteiger charge is -2.28. The van der Waals surface area contributed by atoms with Crippen LogP contribution in [-0.4, -0.2) is 28.9 Å². The van der Waals surface area contributed by atoms with Crippen molar-refractivity contribution < 1.29 is 4.79 Å². The summed E-state index contributed by atoms with van der Waals surface area (Å²) in [6, 6.07) is 8.31. The van der Waals surface area contributed by atoms with Crippen molar-refractivity contribution in [3.63, 3.8) is 0 Å². The number of hydrogen-bond donors (Lipinski definition) is 2. The molecular formula is C16H21N3O. The largest absolute Gasteiger partial charge is 0.358 e. The topological polar surface area (TPSA) is 62.1 Å². The maximum atomic E-state index is 12.3. The van der Waals surface area contributed by atoms with Gasteiger partial charge in [-0.05, 0) is 18.5 Å². The Bertz CT molecular complexity index is 632. The Morgan fingerprint density at radius 2 is 2.25 bits per heavy atom. The predicted octanol–water partition coefficient (Wildman–Crippen LogP) is 2.04. The molecule has 1 aromatic heterocycles. The first-order valence-corrected chi connectivity index (χ1v) is 7.25. The van der Waals surface area contributed by atoms with E-state index in [2.05, 4.69) is 17.1 Å². The minimum atomic E-state index is 0.221. The van der Waals surface area contributed by atoms with Gasteiger partial charge in [-0.15, -0.1) is 0 Å². The van der Waals surface area contributed by atoms with Crippen LogP contribution in [0.2, 0.25) is 0 Å². The molecule has 0 bridgehead atoms. The van der Waals surface area contributed by atoms with Crippen LogP contribution < -0.4 is 5.73 Å². The van der Waals surface area contributed by atoms with Gasteiger partial charge in [0, 0.05) is 48.1 Å². The molecule has 1 atom stereocenters. The number of nitrogens with two attached hydrogens (primary N) is 1. The van der Waals surface area contributed by atoms with Crippen molar-refractivity contribution in [1.29, 1.82) is 0 Å². The van der Waals surface area contributed by atoms with Crippen LogP contribution in [0.15, 0.2) is 24.3 Å². The predicted molar refractivity (Wildman–Crippen MR) is 80.3 cm³/mol. The number of H-pyrrole nitrogens is 1. The second-order valence-electron chi connectivity index (χ2n) is 5.74. The third kappa shape index (κ3) is 2.31. The van der Waals surface area contributed by atoms with Crippen molar-refractivity contribution in [2.45, 2.75) is 26.3 Å². The maximum Gasteiger partial charge on any atom is 0.223 e. The molecule has 1 aromatic carbocycles. The van der Waals surface area contributed by atoms with E-state index >= 15 is 0 Å². The zero-order valence-corrected chi connectivity index (χ0v) is 11.9. The summed E-state index contributed by atoms with van der Waals surface area (Å²) in [5.41, 5.74) is 9.34. The number of fused-ring (bicyclic) bond motifs is 3. The molecule has 0 saturated carbocycles. The number of para-hydroxylation sites is 1. The van der Waals surface area contributed by atoms with Gasteiger partial charge in [0.25, 0.3) is 0 Å². The molecule has 2 heterocycles. The van der Waals surface area contributed by atoms with E-state index in [1.54, 1.807) is 0 Å². The molecule has 0 fully saturated rings. The normalized spacial score (nSPS) is 16.2. The first kappa shape index (κ1) is 13.2. The highest BCUT2D eigenvalue weighted by molar-refractivity contribution is 5.86. The fourth-order valence-electron chi connectivity index (χ4n) is 2.89. The van der Waals surface area contributed by atoms with Gasteiger partial charge in [0.2, 0.25) is 5.91 Å². The Hall–Kier alpha value is -1.81. The molecule has 1 aliphatic heterocycles. The van der Waals surface area contributed by atoms with Crippen molar-refractivity contribution in [3.05, 3.63) is 35.5 Å². The maximum absolute atomic E-state index is 12.3. The van der Waals surface area contributed by atoms with Crippen molar-refractivity contribution in [2.24, 2.45) is 11.7 Å². The summed E-state index contributed by atoms with van der Waals surface area (Å²) in [7, 11) is 0. The summed E-state index contributed by atoms with van der Waals surface area (Å²) in [6.45, 7) is 4.11. The van der Waals surface area contributed by atoms with Gasteiger partial charge in [-0.2, -0.15) is 0 Å². The molecule has 0 saturated heterocycles. The molecule has 106 valence electrons. The molecular weight excluding hydrogens is 250 g/mol. The highest BCUT2D eigenvalue weighted by atomic mass is 16.2. The van der Waals surface area contributed by atoms with Crippen LogP contribution in [0.3, 0.4) is 0 Å². The van der Waals surface area contributed by atoms with Crippen molar-refractivity contribution in [1.82, 2.24) is 9.88 Å². The molecule has 0 spiro atoms. The number of carbonyl (C=O) groups excluding carboxylic acids is 1. The summed E-state index contributed by atoms with van der Waals surface area (Å²) in [5, 5.41) is 1.24. The number of nitrogens with one attached hydrogen (secondary N) is 1. The number of amides is 1. The molecule has 0 radical (unpaired) electrons. The lowest BCUT2D eigenvalue weighted by molar-refractivity contribution is -0.132. The fourth-order valence-corrected chi connectivity index (χ4v) is 2.89. The van der Waals surface area contributed by atoms with Crippen LogP contribution in [0.1, 0.15) is 24.6 Å². The number of nitrogens with zero attached hydrogens (tertiary/aromatic N) is 1. The SMILES string of the molecule is CC(CN)CC(=O)N1CCc2[nH]c3ccccc3c2C1. The first-order chi connectivity index (χ1) is 9.69. The summed E-state index contributed by atoms with van der Waals surface area (Å²) < 4.78 is 0. The highest BCUT2D eigenvalue weighted by Gasteiger charge is 2.24. The number of aromatic amines is 1. The monoisotopic (exact) mass is 271 g/mol. The van der Waals surface area contributed by atoms with Crippen LogP contribution in [0.4, 0.5) is 0 Å². The number of aromatic nitrogens is 1. The van der Waals surface area contributed by atoms with E-state index in [0.717, 1.165) is 19.5 Å². The Labute approximate surface area is 118 Å². The van der Waals surface area contributed by atoms with Crippen LogP contribution in [0, 0.1) is 5.92 Å². The van der Waals surface area contributed by atoms with Crippen LogP contribution in [0.5, 0.6) is 0 Å². The lowest BCUT2D eigenvalue weighted by Crippen LogP contribution is -2.37. The van der Waals surface area contributed by atoms with E-state index < -0.39 is 0 Å². The van der Waals surface area contributed by atoms with Crippen LogP contribution in [0.25, 0.3) is 10.9 Å². The van der Waals surface area contributed by atoms with E-state index in [1.165, 1.54) is 22.2 Å². The number of benzene rings is 1. The van der Waals surface area contributed by atoms with E-state index in [0.29, 0.717) is 13.0 Å². The number of carbonyl (C=O) groups is 1. The molecule has 2 aromatic rings. The van der Waals surface area contributed by atoms with E-state index in [1.807, 2.05) is 24.0 Å². The molecule has 1 amide bonds. The fraction of sp³-hybridized carbons (Fsp3) is 0.438. The minimum Gasteiger partial charge on any atom is -0.358 e. The van der Waals surface area contributed by atoms with Gasteiger partial charge in [-0.1, -0.05) is 25.1 Å². The molecule has 3 N–H and O–H groups in total. The lowest BCUT2D eigenvalue weighted by atomic mass is 10.0. The van der Waals surface area contributed by atoms with Gasteiger partial charge in [-0.3, -0.25) is 4.79 Å². The first-order valence-electron chi connectivity index (χ1n) is 7.25. The highest BCUT2D eigenvalue weighted by Crippen LogP contribution is 2.27. The van der Waals surface area contributed by atoms with Gasteiger partial charge in [0.15, 0.2) is 0 Å². The zero-order chi connectivity index (χ0) is 14.1. The summed E-state index contributed by atoms with van der Waals surface area (Å²) >= 11 is 0. The van der Waals surface area contributed by atoms with Gasteiger partial charge in [0.05, 0.1) is 0 Å². The number of rotatable bonds is 3. The van der Waals surface area contributed by atoms with Crippen LogP contribution >= 0.6 is 0 Å². The molecule has 4 nitrogen and oxygen atoms in total. The average molecular weight is 271 g/mol. The zero-order valence-electron chi connectivity index (χ0n) is 11.9. The average Bonchev–Trinajstić information content (AvgIpc) is 2.84. The Morgan fingerprint density at radius 3 is 3.05 bits per heavy atom. The molecule has 20 heavy (non-hydrogen) atoms. The van der Waals surface area contributed by atoms with E-state index in [4.69, 9.17) is 5.73 Å². The van der Waals surface area contributed by atoms with Crippen LogP contribution in [-0.2, 0) is 17.8 Å². The van der Waals surface area contributed by atoms with Crippen molar-refractivity contribution >= 4 is 16.8 Å². The second-order valence-corrected chi connectivity index (χ2v) is 5.74. The summed E-state index contributed by atoms with van der Waals surface area (Å²) in [4.78, 5) is 17.7. The third-order valence-corrected chi connectivity index (χ3v) is 4.16. The standard InChI is InChI=1S/C16H21N3O/c1-11(9-17)8-16(20)19-7-6-15-13(10-19)12-4-2-3-5-14(12)18-15/h2-5,11,18H,6-10,17H2,1H3. The van der Waals surface area contributed by atoms with E-state index in [9.17, 15) is 4.79 Å². The van der Waals surface area contributed by atoms with Crippen molar-refractivity contribution in [2.75, 3.05) is 13.1 Å². The smallest absolute Gasteiger partial charge is 0.223 e. The van der Waals surface area contributed by atoms with Gasteiger partial charge in [-0.25, -0.2) is 0 Å². The third-order valence-electron chi connectivity index (χ3n) is 4.16. The Kier molecular flexibility index (Phi) is 3.49. The van der Waals surface area contributed by atoms with Crippen molar-refractivity contribution in [3.8, 4) is 0 Å². The summed E-state index contributed by atoms with van der Waals surface area (Å²) in [5.74, 6) is 0.478. The Balaban J connectivity index is 1.82. The van der Waals surface area contributed by atoms with E-state index in [-0.39, 0.29) is 11.8 Å².